The van der Waals surface area contributed by atoms with E-state index in [1.54, 1.807) is 11.3 Å². The summed E-state index contributed by atoms with van der Waals surface area (Å²) in [5.41, 5.74) is 0. The lowest BCUT2D eigenvalue weighted by Crippen LogP contribution is -2.10. The second-order valence-corrected chi connectivity index (χ2v) is 4.90. The van der Waals surface area contributed by atoms with Crippen molar-refractivity contribution in [2.24, 2.45) is 0 Å². The molecule has 0 spiro atoms. The molecule has 0 atom stereocenters. The minimum Gasteiger partial charge on any atom is -0.320 e. The van der Waals surface area contributed by atoms with E-state index in [1.165, 1.54) is 9.75 Å². The van der Waals surface area contributed by atoms with Gasteiger partial charge in [0.25, 0.3) is 0 Å². The maximum absolute atomic E-state index is 11.6. The summed E-state index contributed by atoms with van der Waals surface area (Å²) in [6.07, 6.45) is 3.33. The summed E-state index contributed by atoms with van der Waals surface area (Å²) in [6.45, 7) is 3.07. The molecule has 0 fully saturated rings. The van der Waals surface area contributed by atoms with E-state index < -0.39 is 0 Å². The first-order valence-corrected chi connectivity index (χ1v) is 6.31. The summed E-state index contributed by atoms with van der Waals surface area (Å²) in [4.78, 5) is 14.1. The van der Waals surface area contributed by atoms with E-state index in [-0.39, 0.29) is 0 Å². The van der Waals surface area contributed by atoms with Crippen molar-refractivity contribution in [3.8, 4) is 0 Å². The van der Waals surface area contributed by atoms with Gasteiger partial charge in [0.15, 0.2) is 0 Å². The molecule has 3 heteroatoms. The van der Waals surface area contributed by atoms with Crippen LogP contribution in [0.1, 0.15) is 29.5 Å². The van der Waals surface area contributed by atoms with Crippen LogP contribution in [-0.2, 0) is 17.6 Å². The van der Waals surface area contributed by atoms with E-state index >= 15 is 0 Å². The first kappa shape index (κ1) is 12.4. The lowest BCUT2D eigenvalue weighted by atomic mass is 10.1. The van der Waals surface area contributed by atoms with Crippen LogP contribution in [0, 0.1) is 0 Å². The minimum atomic E-state index is 0.356. The second kappa shape index (κ2) is 6.75. The summed E-state index contributed by atoms with van der Waals surface area (Å²) in [5, 5.41) is 3.05. The fraction of sp³-hybridized carbons (Fsp3) is 0.583. The normalized spacial score (nSPS) is 10.5. The summed E-state index contributed by atoms with van der Waals surface area (Å²) in [5.74, 6) is 0.356. The highest BCUT2D eigenvalue weighted by atomic mass is 32.1. The Morgan fingerprint density at radius 1 is 1.40 bits per heavy atom. The van der Waals surface area contributed by atoms with Crippen molar-refractivity contribution in [1.82, 2.24) is 5.32 Å². The summed E-state index contributed by atoms with van der Waals surface area (Å²) >= 11 is 1.76. The smallest absolute Gasteiger partial charge is 0.138 e. The number of thiophene rings is 1. The molecule has 0 saturated heterocycles. The lowest BCUT2D eigenvalue weighted by molar-refractivity contribution is -0.118. The summed E-state index contributed by atoms with van der Waals surface area (Å²) in [6, 6.07) is 4.21. The molecule has 1 rings (SSSR count). The van der Waals surface area contributed by atoms with Gasteiger partial charge < -0.3 is 5.32 Å². The molecule has 1 heterocycles. The highest BCUT2D eigenvalue weighted by Gasteiger charge is 2.05. The fourth-order valence-electron chi connectivity index (χ4n) is 1.45. The fourth-order valence-corrected chi connectivity index (χ4v) is 2.44. The van der Waals surface area contributed by atoms with Gasteiger partial charge in [0.1, 0.15) is 5.78 Å². The number of aryl methyl sites for hydroxylation is 1. The minimum absolute atomic E-state index is 0.356. The van der Waals surface area contributed by atoms with Gasteiger partial charge in [0, 0.05) is 22.6 Å². The number of rotatable bonds is 7. The van der Waals surface area contributed by atoms with Gasteiger partial charge in [0.05, 0.1) is 0 Å². The number of Topliss-reactive ketones (excluding diaryl/α,β-unsaturated/α-hetero) is 1. The average Bonchev–Trinajstić information content (AvgIpc) is 2.66. The maximum atomic E-state index is 11.6. The average molecular weight is 225 g/mol. The molecular weight excluding hydrogens is 206 g/mol. The van der Waals surface area contributed by atoms with Gasteiger partial charge in [-0.1, -0.05) is 6.92 Å². The molecule has 0 aliphatic carbocycles. The molecule has 0 saturated carbocycles. The molecule has 0 radical (unpaired) electrons. The molecule has 0 bridgehead atoms. The van der Waals surface area contributed by atoms with E-state index in [4.69, 9.17) is 0 Å². The van der Waals surface area contributed by atoms with Crippen LogP contribution in [0.25, 0.3) is 0 Å². The Labute approximate surface area is 95.7 Å². The third-order valence-corrected chi connectivity index (χ3v) is 3.55. The molecule has 1 N–H and O–H groups in total. The van der Waals surface area contributed by atoms with Crippen LogP contribution < -0.4 is 5.32 Å². The Hall–Kier alpha value is -0.670. The highest BCUT2D eigenvalue weighted by Crippen LogP contribution is 2.18. The molecular formula is C12H19NOS. The van der Waals surface area contributed by atoms with Crippen molar-refractivity contribution in [1.29, 1.82) is 0 Å². The van der Waals surface area contributed by atoms with Crippen LogP contribution in [0.5, 0.6) is 0 Å². The summed E-state index contributed by atoms with van der Waals surface area (Å²) in [7, 11) is 1.91. The quantitative estimate of drug-likeness (QED) is 0.722. The van der Waals surface area contributed by atoms with Gasteiger partial charge in [0.2, 0.25) is 0 Å². The van der Waals surface area contributed by atoms with E-state index in [0.29, 0.717) is 18.6 Å². The number of nitrogens with one attached hydrogen (secondary N) is 1. The molecule has 1 aromatic heterocycles. The van der Waals surface area contributed by atoms with E-state index in [2.05, 4.69) is 24.4 Å². The first-order valence-electron chi connectivity index (χ1n) is 5.50. The molecule has 0 aromatic carbocycles. The molecule has 1 aromatic rings. The van der Waals surface area contributed by atoms with Gasteiger partial charge >= 0.3 is 0 Å². The molecule has 0 aliphatic rings. The highest BCUT2D eigenvalue weighted by molar-refractivity contribution is 7.12. The van der Waals surface area contributed by atoms with Crippen molar-refractivity contribution in [2.45, 2.75) is 32.6 Å². The third kappa shape index (κ3) is 4.58. The zero-order chi connectivity index (χ0) is 11.1. The number of carbonyl (C=O) groups is 1. The van der Waals surface area contributed by atoms with E-state index in [9.17, 15) is 4.79 Å². The zero-order valence-corrected chi connectivity index (χ0v) is 10.3. The number of ketones is 1. The zero-order valence-electron chi connectivity index (χ0n) is 9.51. The van der Waals surface area contributed by atoms with Crippen LogP contribution in [0.2, 0.25) is 0 Å². The van der Waals surface area contributed by atoms with Crippen molar-refractivity contribution in [3.63, 3.8) is 0 Å². The van der Waals surface area contributed by atoms with Gasteiger partial charge in [-0.25, -0.2) is 0 Å². The standard InChI is InChI=1S/C12H19NOS/c1-3-11-6-7-12(15-11)9-10(14)5-4-8-13-2/h6-7,13H,3-5,8-9H2,1-2H3. The SMILES string of the molecule is CCc1ccc(CC(=O)CCCNC)s1. The van der Waals surface area contributed by atoms with Gasteiger partial charge in [-0.3, -0.25) is 4.79 Å². The predicted molar refractivity (Wildman–Crippen MR) is 65.6 cm³/mol. The maximum Gasteiger partial charge on any atom is 0.138 e. The van der Waals surface area contributed by atoms with Crippen LogP contribution in [0.15, 0.2) is 12.1 Å². The van der Waals surface area contributed by atoms with Gasteiger partial charge in [-0.15, -0.1) is 11.3 Å². The molecule has 15 heavy (non-hydrogen) atoms. The van der Waals surface area contributed by atoms with Crippen molar-refractivity contribution >= 4 is 17.1 Å². The third-order valence-electron chi connectivity index (χ3n) is 2.32. The molecule has 2 nitrogen and oxygen atoms in total. The van der Waals surface area contributed by atoms with E-state index in [0.717, 1.165) is 19.4 Å². The van der Waals surface area contributed by atoms with Crippen molar-refractivity contribution in [2.75, 3.05) is 13.6 Å². The molecule has 0 aliphatic heterocycles. The van der Waals surface area contributed by atoms with Crippen LogP contribution in [0.3, 0.4) is 0 Å². The number of carbonyl (C=O) groups excluding carboxylic acids is 1. The molecule has 0 unspecified atom stereocenters. The predicted octanol–water partition coefficient (Wildman–Crippen LogP) is 2.42. The van der Waals surface area contributed by atoms with Crippen LogP contribution in [-0.4, -0.2) is 19.4 Å². The second-order valence-electron chi connectivity index (χ2n) is 3.64. The largest absolute Gasteiger partial charge is 0.320 e. The van der Waals surface area contributed by atoms with E-state index in [1.807, 2.05) is 7.05 Å². The van der Waals surface area contributed by atoms with Crippen molar-refractivity contribution < 1.29 is 4.79 Å². The Morgan fingerprint density at radius 2 is 2.13 bits per heavy atom. The monoisotopic (exact) mass is 225 g/mol. The topological polar surface area (TPSA) is 29.1 Å². The summed E-state index contributed by atoms with van der Waals surface area (Å²) < 4.78 is 0. The Balaban J connectivity index is 2.31. The van der Waals surface area contributed by atoms with Crippen LogP contribution >= 0.6 is 11.3 Å². The van der Waals surface area contributed by atoms with Gasteiger partial charge in [-0.05, 0) is 38.6 Å². The first-order chi connectivity index (χ1) is 7.26. The van der Waals surface area contributed by atoms with Crippen molar-refractivity contribution in [3.05, 3.63) is 21.9 Å². The number of hydrogen-bond acceptors (Lipinski definition) is 3. The lowest BCUT2D eigenvalue weighted by Gasteiger charge is -1.98. The van der Waals surface area contributed by atoms with Gasteiger partial charge in [-0.2, -0.15) is 0 Å². The van der Waals surface area contributed by atoms with Crippen LogP contribution in [0.4, 0.5) is 0 Å². The molecule has 0 amide bonds. The molecule has 84 valence electrons. The number of hydrogen-bond donors (Lipinski definition) is 1. The Morgan fingerprint density at radius 3 is 2.73 bits per heavy atom. The Kier molecular flexibility index (Phi) is 5.58. The Bertz CT molecular complexity index is 306.